The maximum atomic E-state index is 14.7. The second-order valence-electron chi connectivity index (χ2n) is 7.38. The van der Waals surface area contributed by atoms with Crippen LogP contribution in [0.5, 0.6) is 0 Å². The molecule has 0 aliphatic carbocycles. The van der Waals surface area contributed by atoms with Crippen molar-refractivity contribution in [3.05, 3.63) is 45.7 Å². The van der Waals surface area contributed by atoms with E-state index in [1.165, 1.54) is 4.88 Å². The number of hydrogen-bond donors (Lipinski definition) is 2. The van der Waals surface area contributed by atoms with Gasteiger partial charge >= 0.3 is 0 Å². The summed E-state index contributed by atoms with van der Waals surface area (Å²) < 4.78 is 14.7. The molecule has 1 fully saturated rings. The maximum absolute atomic E-state index is 14.7. The number of benzene rings is 1. The van der Waals surface area contributed by atoms with Gasteiger partial charge in [-0.25, -0.2) is 9.37 Å². The lowest BCUT2D eigenvalue weighted by atomic mass is 10.1. The number of anilines is 1. The molecule has 0 bridgehead atoms. The molecule has 1 aliphatic rings. The number of guanidine groups is 1. The minimum atomic E-state index is -0.155. The molecular formula is C22H34FIN6S. The Kier molecular flexibility index (Phi) is 11.0. The van der Waals surface area contributed by atoms with Crippen LogP contribution < -0.4 is 15.5 Å². The second-order valence-corrected chi connectivity index (χ2v) is 8.58. The Labute approximate surface area is 206 Å². The zero-order valence-corrected chi connectivity index (χ0v) is 21.8. The number of aryl methyl sites for hydroxylation is 1. The number of nitrogens with one attached hydrogen (secondary N) is 2. The van der Waals surface area contributed by atoms with Gasteiger partial charge in [-0.2, -0.15) is 0 Å². The van der Waals surface area contributed by atoms with E-state index in [0.29, 0.717) is 18.2 Å². The molecule has 0 atom stereocenters. The molecule has 0 amide bonds. The third-order valence-electron chi connectivity index (χ3n) is 5.44. The van der Waals surface area contributed by atoms with E-state index in [-0.39, 0.29) is 29.8 Å². The van der Waals surface area contributed by atoms with Gasteiger partial charge in [-0.1, -0.05) is 19.9 Å². The first-order chi connectivity index (χ1) is 14.6. The van der Waals surface area contributed by atoms with Gasteiger partial charge in [-0.3, -0.25) is 4.99 Å². The monoisotopic (exact) mass is 560 g/mol. The molecule has 3 rings (SSSR count). The summed E-state index contributed by atoms with van der Waals surface area (Å²) in [4.78, 5) is 14.5. The molecule has 0 saturated carbocycles. The number of aliphatic imine (C=N–C) groups is 1. The maximum Gasteiger partial charge on any atom is 0.191 e. The Morgan fingerprint density at radius 3 is 2.58 bits per heavy atom. The van der Waals surface area contributed by atoms with Gasteiger partial charge in [0.05, 0.1) is 10.7 Å². The molecule has 0 spiro atoms. The number of nitrogens with zero attached hydrogens (tertiary/aromatic N) is 4. The Morgan fingerprint density at radius 1 is 1.19 bits per heavy atom. The van der Waals surface area contributed by atoms with Crippen LogP contribution in [0.4, 0.5) is 10.1 Å². The molecule has 1 aliphatic heterocycles. The predicted molar refractivity (Wildman–Crippen MR) is 140 cm³/mol. The second kappa shape index (κ2) is 13.2. The topological polar surface area (TPSA) is 55.8 Å². The van der Waals surface area contributed by atoms with E-state index in [0.717, 1.165) is 62.7 Å². The summed E-state index contributed by atoms with van der Waals surface area (Å²) in [5.41, 5.74) is 1.60. The molecule has 1 saturated heterocycles. The number of aromatic nitrogens is 1. The van der Waals surface area contributed by atoms with Crippen molar-refractivity contribution in [2.75, 3.05) is 51.2 Å². The number of piperazine rings is 1. The lowest BCUT2D eigenvalue weighted by molar-refractivity contribution is 0.270. The summed E-state index contributed by atoms with van der Waals surface area (Å²) in [6.45, 7) is 10.4. The van der Waals surface area contributed by atoms with E-state index in [2.05, 4.69) is 44.3 Å². The third kappa shape index (κ3) is 7.57. The molecule has 2 heterocycles. The van der Waals surface area contributed by atoms with Crippen molar-refractivity contribution in [1.82, 2.24) is 20.5 Å². The third-order valence-corrected chi connectivity index (χ3v) is 6.64. The van der Waals surface area contributed by atoms with E-state index >= 15 is 0 Å². The van der Waals surface area contributed by atoms with Gasteiger partial charge in [-0.15, -0.1) is 35.3 Å². The van der Waals surface area contributed by atoms with Crippen molar-refractivity contribution in [3.8, 4) is 0 Å². The fourth-order valence-electron chi connectivity index (χ4n) is 3.54. The van der Waals surface area contributed by atoms with Crippen molar-refractivity contribution < 1.29 is 4.39 Å². The van der Waals surface area contributed by atoms with Crippen LogP contribution >= 0.6 is 35.3 Å². The van der Waals surface area contributed by atoms with Gasteiger partial charge in [0.2, 0.25) is 0 Å². The van der Waals surface area contributed by atoms with Crippen molar-refractivity contribution in [3.63, 3.8) is 0 Å². The first-order valence-corrected chi connectivity index (χ1v) is 11.6. The van der Waals surface area contributed by atoms with E-state index < -0.39 is 0 Å². The molecule has 1 aromatic heterocycles. The molecule has 6 nitrogen and oxygen atoms in total. The fourth-order valence-corrected chi connectivity index (χ4v) is 4.41. The minimum absolute atomic E-state index is 0. The van der Waals surface area contributed by atoms with Gasteiger partial charge in [-0.05, 0) is 30.7 Å². The summed E-state index contributed by atoms with van der Waals surface area (Å²) >= 11 is 1.76. The zero-order valence-electron chi connectivity index (χ0n) is 18.7. The number of rotatable bonds is 8. The molecule has 1 aromatic carbocycles. The number of halogens is 2. The average molecular weight is 561 g/mol. The number of hydrogen-bond acceptors (Lipinski definition) is 5. The fraction of sp³-hybridized carbons (Fsp3) is 0.545. The molecular weight excluding hydrogens is 526 g/mol. The Hall–Kier alpha value is -1.46. The van der Waals surface area contributed by atoms with Crippen LogP contribution in [0.25, 0.3) is 0 Å². The van der Waals surface area contributed by atoms with Crippen LogP contribution in [0.15, 0.2) is 29.4 Å². The Balaban J connectivity index is 0.00000341. The van der Waals surface area contributed by atoms with Crippen LogP contribution in [0.2, 0.25) is 0 Å². The highest BCUT2D eigenvalue weighted by atomic mass is 127. The van der Waals surface area contributed by atoms with Crippen molar-refractivity contribution >= 4 is 47.0 Å². The highest BCUT2D eigenvalue weighted by molar-refractivity contribution is 14.0. The lowest BCUT2D eigenvalue weighted by Crippen LogP contribution is -2.46. The molecule has 2 aromatic rings. The summed E-state index contributed by atoms with van der Waals surface area (Å²) in [6, 6.07) is 5.52. The molecule has 0 unspecified atom stereocenters. The van der Waals surface area contributed by atoms with Gasteiger partial charge in [0.25, 0.3) is 0 Å². The van der Waals surface area contributed by atoms with Gasteiger partial charge in [0.1, 0.15) is 5.82 Å². The quantitative estimate of drug-likeness (QED) is 0.294. The first-order valence-electron chi connectivity index (χ1n) is 10.8. The van der Waals surface area contributed by atoms with Crippen LogP contribution in [0, 0.1) is 5.82 Å². The summed E-state index contributed by atoms with van der Waals surface area (Å²) in [6.07, 6.45) is 3.84. The van der Waals surface area contributed by atoms with Crippen LogP contribution in [0.1, 0.15) is 29.3 Å². The highest BCUT2D eigenvalue weighted by Gasteiger charge is 2.18. The smallest absolute Gasteiger partial charge is 0.191 e. The Bertz CT molecular complexity index is 835. The lowest BCUT2D eigenvalue weighted by Gasteiger charge is -2.35. The SMILES string of the molecule is CCc1cnc(CCNC(=NC)NCc2ccc(N3CCN(CC)CC3)c(F)c2)s1.I. The number of likely N-dealkylation sites (N-methyl/N-ethyl adjacent to an activating group) is 1. The molecule has 172 valence electrons. The zero-order chi connectivity index (χ0) is 21.3. The highest BCUT2D eigenvalue weighted by Crippen LogP contribution is 2.22. The summed E-state index contributed by atoms with van der Waals surface area (Å²) in [5.74, 6) is 0.556. The molecule has 31 heavy (non-hydrogen) atoms. The molecule has 9 heteroatoms. The van der Waals surface area contributed by atoms with Gasteiger partial charge in [0.15, 0.2) is 5.96 Å². The van der Waals surface area contributed by atoms with Crippen LogP contribution in [-0.2, 0) is 19.4 Å². The summed E-state index contributed by atoms with van der Waals surface area (Å²) in [7, 11) is 1.74. The van der Waals surface area contributed by atoms with Crippen molar-refractivity contribution in [2.24, 2.45) is 4.99 Å². The number of thiazole rings is 1. The average Bonchev–Trinajstić information content (AvgIpc) is 3.24. The minimum Gasteiger partial charge on any atom is -0.367 e. The molecule has 0 radical (unpaired) electrons. The van der Waals surface area contributed by atoms with Crippen molar-refractivity contribution in [2.45, 2.75) is 33.2 Å². The van der Waals surface area contributed by atoms with Crippen LogP contribution in [0.3, 0.4) is 0 Å². The first kappa shape index (κ1) is 25.8. The van der Waals surface area contributed by atoms with Crippen molar-refractivity contribution in [1.29, 1.82) is 0 Å². The van der Waals surface area contributed by atoms with Gasteiger partial charge in [0, 0.05) is 63.8 Å². The normalized spacial score (nSPS) is 15.0. The van der Waals surface area contributed by atoms with E-state index in [1.807, 2.05) is 18.3 Å². The largest absolute Gasteiger partial charge is 0.367 e. The summed E-state index contributed by atoms with van der Waals surface area (Å²) in [5, 5.41) is 7.70. The predicted octanol–water partition coefficient (Wildman–Crippen LogP) is 3.51. The van der Waals surface area contributed by atoms with E-state index in [4.69, 9.17) is 0 Å². The van der Waals surface area contributed by atoms with E-state index in [9.17, 15) is 4.39 Å². The molecule has 2 N–H and O–H groups in total. The van der Waals surface area contributed by atoms with Crippen LogP contribution in [-0.4, -0.2) is 62.2 Å². The van der Waals surface area contributed by atoms with Gasteiger partial charge < -0.3 is 20.4 Å². The standard InChI is InChI=1S/C22H33FN6S.HI/c1-4-18-16-26-21(30-18)8-9-25-22(24-3)27-15-17-6-7-20(19(23)14-17)29-12-10-28(5-2)11-13-29;/h6-7,14,16H,4-5,8-13,15H2,1-3H3,(H2,24,25,27);1H. The van der Waals surface area contributed by atoms with E-state index in [1.54, 1.807) is 24.5 Å². The Morgan fingerprint density at radius 2 is 1.97 bits per heavy atom.